The van der Waals surface area contributed by atoms with E-state index in [0.29, 0.717) is 34.3 Å². The number of carbonyl (C=O) groups excluding carboxylic acids is 2. The Morgan fingerprint density at radius 3 is 2.51 bits per heavy atom. The fraction of sp³-hybridized carbons (Fsp3) is 0.0800. The second-order valence-electron chi connectivity index (χ2n) is 7.58. The van der Waals surface area contributed by atoms with Crippen molar-refractivity contribution >= 4 is 57.4 Å². The number of amides is 1. The molecule has 0 fully saturated rings. The lowest BCUT2D eigenvalue weighted by Crippen LogP contribution is -2.23. The first kappa shape index (κ1) is 22.2. The third-order valence-corrected chi connectivity index (χ3v) is 6.23. The third-order valence-electron chi connectivity index (χ3n) is 5.36. The number of thiophene rings is 1. The number of carbonyl (C=O) groups is 2. The molecule has 0 saturated carbocycles. The zero-order valence-corrected chi connectivity index (χ0v) is 19.5. The Labute approximate surface area is 203 Å². The van der Waals surface area contributed by atoms with Crippen LogP contribution in [0.4, 0.5) is 5.82 Å². The van der Waals surface area contributed by atoms with E-state index in [4.69, 9.17) is 10.5 Å². The van der Waals surface area contributed by atoms with E-state index in [-0.39, 0.29) is 17.3 Å². The molecule has 0 aliphatic rings. The molecule has 3 N–H and O–H groups in total. The van der Waals surface area contributed by atoms with Crippen LogP contribution >= 0.6 is 11.3 Å². The number of anilines is 1. The summed E-state index contributed by atoms with van der Waals surface area (Å²) < 4.78 is 6.13. The number of para-hydroxylation sites is 2. The smallest absolute Gasteiger partial charge is 0.337 e. The molecule has 3 aromatic heterocycles. The second-order valence-corrected chi connectivity index (χ2v) is 8.61. The molecule has 10 heteroatoms. The molecule has 1 amide bonds. The topological polar surface area (TPSA) is 124 Å². The summed E-state index contributed by atoms with van der Waals surface area (Å²) in [5.41, 5.74) is 9.82. The Morgan fingerprint density at radius 1 is 1.09 bits per heavy atom. The van der Waals surface area contributed by atoms with Gasteiger partial charge < -0.3 is 15.8 Å². The van der Waals surface area contributed by atoms with Gasteiger partial charge in [0.25, 0.3) is 5.91 Å². The van der Waals surface area contributed by atoms with Gasteiger partial charge in [-0.25, -0.2) is 14.8 Å². The van der Waals surface area contributed by atoms with Crippen LogP contribution in [0.3, 0.4) is 0 Å². The molecule has 0 aliphatic heterocycles. The minimum absolute atomic E-state index is 0.126. The molecule has 2 aromatic carbocycles. The van der Waals surface area contributed by atoms with Gasteiger partial charge in [-0.05, 0) is 41.3 Å². The van der Waals surface area contributed by atoms with E-state index < -0.39 is 5.97 Å². The average Bonchev–Trinajstić information content (AvgIpc) is 3.50. The molecule has 174 valence electrons. The van der Waals surface area contributed by atoms with Gasteiger partial charge in [0, 0.05) is 4.88 Å². The standard InChI is InChI=1S/C25H20N6O3S/c1-34-25(33)16-10-8-15(9-11-16)13-28-31-22(26)20(24(32)27-14-17-5-4-12-35-17)21-23(31)30-19-7-3-2-6-18(19)29-21/h2-13H,14,26H2,1H3,(H,27,32)/b28-13+. The molecule has 0 bridgehead atoms. The number of esters is 1. The number of fused-ring (bicyclic) bond motifs is 2. The van der Waals surface area contributed by atoms with E-state index in [1.54, 1.807) is 41.8 Å². The van der Waals surface area contributed by atoms with Gasteiger partial charge in [0.1, 0.15) is 16.9 Å². The Kier molecular flexibility index (Phi) is 5.94. The summed E-state index contributed by atoms with van der Waals surface area (Å²) in [5, 5.41) is 9.35. The lowest BCUT2D eigenvalue weighted by molar-refractivity contribution is 0.0600. The Morgan fingerprint density at radius 2 is 1.83 bits per heavy atom. The first-order valence-electron chi connectivity index (χ1n) is 10.6. The number of hydrogen-bond acceptors (Lipinski definition) is 8. The summed E-state index contributed by atoms with van der Waals surface area (Å²) in [5.74, 6) is -0.655. The van der Waals surface area contributed by atoms with Crippen molar-refractivity contribution in [2.24, 2.45) is 5.10 Å². The molecule has 0 radical (unpaired) electrons. The molecule has 0 aliphatic carbocycles. The highest BCUT2D eigenvalue weighted by atomic mass is 32.1. The second kappa shape index (κ2) is 9.35. The average molecular weight is 485 g/mol. The van der Waals surface area contributed by atoms with Gasteiger partial charge in [-0.2, -0.15) is 9.78 Å². The van der Waals surface area contributed by atoms with Crippen LogP contribution in [-0.4, -0.2) is 39.8 Å². The van der Waals surface area contributed by atoms with E-state index in [1.807, 2.05) is 41.8 Å². The molecule has 5 aromatic rings. The molecule has 5 rings (SSSR count). The van der Waals surface area contributed by atoms with Gasteiger partial charge in [-0.15, -0.1) is 11.3 Å². The largest absolute Gasteiger partial charge is 0.465 e. The number of aromatic nitrogens is 3. The van der Waals surface area contributed by atoms with Crippen molar-refractivity contribution in [3.63, 3.8) is 0 Å². The van der Waals surface area contributed by atoms with Gasteiger partial charge in [0.05, 0.1) is 36.5 Å². The van der Waals surface area contributed by atoms with Crippen molar-refractivity contribution < 1.29 is 14.3 Å². The minimum atomic E-state index is -0.422. The number of nitrogen functional groups attached to an aromatic ring is 1. The van der Waals surface area contributed by atoms with Crippen molar-refractivity contribution in [3.05, 3.63) is 87.6 Å². The highest BCUT2D eigenvalue weighted by molar-refractivity contribution is 7.09. The van der Waals surface area contributed by atoms with E-state index in [1.165, 1.54) is 11.8 Å². The molecule has 0 saturated heterocycles. The highest BCUT2D eigenvalue weighted by Gasteiger charge is 2.24. The van der Waals surface area contributed by atoms with Crippen LogP contribution in [0.1, 0.15) is 31.2 Å². The number of nitrogens with one attached hydrogen (secondary N) is 1. The monoisotopic (exact) mass is 484 g/mol. The summed E-state index contributed by atoms with van der Waals surface area (Å²) in [6.45, 7) is 0.374. The predicted octanol–water partition coefficient (Wildman–Crippen LogP) is 3.83. The fourth-order valence-electron chi connectivity index (χ4n) is 3.60. The van der Waals surface area contributed by atoms with Crippen LogP contribution in [0.2, 0.25) is 0 Å². The van der Waals surface area contributed by atoms with Crippen LogP contribution in [0.25, 0.3) is 22.2 Å². The normalized spacial score (nSPS) is 11.3. The van der Waals surface area contributed by atoms with Gasteiger partial charge in [-0.3, -0.25) is 4.79 Å². The number of methoxy groups -OCH3 is 1. The number of benzene rings is 2. The van der Waals surface area contributed by atoms with Crippen LogP contribution in [-0.2, 0) is 11.3 Å². The SMILES string of the molecule is COC(=O)c1ccc(/C=N/n2c(N)c(C(=O)NCc3cccs3)c3nc4ccccc4nc32)cc1. The number of nitrogens with two attached hydrogens (primary N) is 1. The maximum Gasteiger partial charge on any atom is 0.337 e. The fourth-order valence-corrected chi connectivity index (χ4v) is 4.25. The lowest BCUT2D eigenvalue weighted by Gasteiger charge is -2.04. The maximum atomic E-state index is 13.2. The molecule has 0 unspecified atom stereocenters. The summed E-state index contributed by atoms with van der Waals surface area (Å²) in [4.78, 5) is 35.2. The quantitative estimate of drug-likeness (QED) is 0.279. The Hall–Kier alpha value is -4.57. The van der Waals surface area contributed by atoms with E-state index >= 15 is 0 Å². The maximum absolute atomic E-state index is 13.2. The van der Waals surface area contributed by atoms with Gasteiger partial charge in [-0.1, -0.05) is 30.3 Å². The van der Waals surface area contributed by atoms with Crippen molar-refractivity contribution in [2.75, 3.05) is 12.8 Å². The first-order valence-corrected chi connectivity index (χ1v) is 11.5. The van der Waals surface area contributed by atoms with Crippen molar-refractivity contribution in [1.82, 2.24) is 20.0 Å². The molecule has 0 spiro atoms. The van der Waals surface area contributed by atoms with Crippen molar-refractivity contribution in [1.29, 1.82) is 0 Å². The Balaban J connectivity index is 1.56. The first-order chi connectivity index (χ1) is 17.0. The number of ether oxygens (including phenoxy) is 1. The summed E-state index contributed by atoms with van der Waals surface area (Å²) >= 11 is 1.55. The van der Waals surface area contributed by atoms with E-state index in [9.17, 15) is 9.59 Å². The van der Waals surface area contributed by atoms with Crippen LogP contribution in [0.15, 0.2) is 71.1 Å². The molecule has 35 heavy (non-hydrogen) atoms. The summed E-state index contributed by atoms with van der Waals surface area (Å²) in [6.07, 6.45) is 1.57. The van der Waals surface area contributed by atoms with Crippen molar-refractivity contribution in [3.8, 4) is 0 Å². The molecular formula is C25H20N6O3S. The Bertz CT molecular complexity index is 1570. The molecule has 9 nitrogen and oxygen atoms in total. The molecule has 3 heterocycles. The minimum Gasteiger partial charge on any atom is -0.465 e. The zero-order chi connectivity index (χ0) is 24.4. The summed E-state index contributed by atoms with van der Waals surface area (Å²) in [7, 11) is 1.33. The van der Waals surface area contributed by atoms with Gasteiger partial charge in [0.15, 0.2) is 5.65 Å². The highest BCUT2D eigenvalue weighted by Crippen LogP contribution is 2.28. The van der Waals surface area contributed by atoms with Crippen molar-refractivity contribution in [2.45, 2.75) is 6.54 Å². The predicted molar refractivity (Wildman–Crippen MR) is 136 cm³/mol. The van der Waals surface area contributed by atoms with E-state index in [0.717, 1.165) is 10.4 Å². The lowest BCUT2D eigenvalue weighted by atomic mass is 10.1. The van der Waals surface area contributed by atoms with E-state index in [2.05, 4.69) is 20.4 Å². The van der Waals surface area contributed by atoms with Gasteiger partial charge in [0.2, 0.25) is 0 Å². The van der Waals surface area contributed by atoms with Crippen LogP contribution in [0, 0.1) is 0 Å². The molecular weight excluding hydrogens is 464 g/mol. The third kappa shape index (κ3) is 4.34. The molecule has 0 atom stereocenters. The van der Waals surface area contributed by atoms with Gasteiger partial charge >= 0.3 is 5.97 Å². The number of hydrogen-bond donors (Lipinski definition) is 2. The van der Waals surface area contributed by atoms with Crippen LogP contribution in [0.5, 0.6) is 0 Å². The number of nitrogens with zero attached hydrogens (tertiary/aromatic N) is 4. The summed E-state index contributed by atoms with van der Waals surface area (Å²) in [6, 6.07) is 18.0. The number of rotatable bonds is 6. The zero-order valence-electron chi connectivity index (χ0n) is 18.6. The van der Waals surface area contributed by atoms with Crippen LogP contribution < -0.4 is 11.1 Å².